The molecule has 2 atom stereocenters. The molecular formula is C12H26N2O. The monoisotopic (exact) mass is 214 g/mol. The Morgan fingerprint density at radius 3 is 2.00 bits per heavy atom. The summed E-state index contributed by atoms with van der Waals surface area (Å²) in [5.74, 6) is 0.988. The summed E-state index contributed by atoms with van der Waals surface area (Å²) in [6.07, 6.45) is 0.758. The molecule has 0 aliphatic carbocycles. The summed E-state index contributed by atoms with van der Waals surface area (Å²) in [6, 6.07) is -0.105. The van der Waals surface area contributed by atoms with Gasteiger partial charge in [0.1, 0.15) is 0 Å². The van der Waals surface area contributed by atoms with Crippen LogP contribution in [0.1, 0.15) is 41.0 Å². The van der Waals surface area contributed by atoms with Crippen LogP contribution in [0.25, 0.3) is 0 Å². The SMILES string of the molecule is CC(C)C[C@H](N)C(=O)N(C)C(C)C(C)C. The fraction of sp³-hybridized carbons (Fsp3) is 0.917. The summed E-state index contributed by atoms with van der Waals surface area (Å²) in [5.41, 5.74) is 5.87. The third-order valence-corrected chi connectivity index (χ3v) is 2.97. The van der Waals surface area contributed by atoms with Crippen molar-refractivity contribution in [3.63, 3.8) is 0 Å². The first-order valence-electron chi connectivity index (χ1n) is 5.79. The Hall–Kier alpha value is -0.570. The van der Waals surface area contributed by atoms with Crippen molar-refractivity contribution in [1.29, 1.82) is 0 Å². The lowest BCUT2D eigenvalue weighted by molar-refractivity contribution is -0.134. The maximum Gasteiger partial charge on any atom is 0.239 e. The lowest BCUT2D eigenvalue weighted by Gasteiger charge is -2.30. The molecule has 0 aromatic rings. The van der Waals surface area contributed by atoms with Gasteiger partial charge < -0.3 is 10.6 Å². The van der Waals surface area contributed by atoms with Crippen LogP contribution < -0.4 is 5.73 Å². The molecule has 0 aromatic heterocycles. The van der Waals surface area contributed by atoms with Gasteiger partial charge in [-0.15, -0.1) is 0 Å². The van der Waals surface area contributed by atoms with Gasteiger partial charge in [0.2, 0.25) is 5.91 Å². The number of rotatable bonds is 5. The van der Waals surface area contributed by atoms with Crippen LogP contribution in [-0.4, -0.2) is 29.9 Å². The highest BCUT2D eigenvalue weighted by Crippen LogP contribution is 2.11. The largest absolute Gasteiger partial charge is 0.341 e. The van der Waals surface area contributed by atoms with Crippen LogP contribution >= 0.6 is 0 Å². The zero-order valence-corrected chi connectivity index (χ0v) is 10.9. The first-order chi connectivity index (χ1) is 6.77. The molecule has 1 unspecified atom stereocenters. The third kappa shape index (κ3) is 4.65. The Kier molecular flexibility index (Phi) is 5.88. The minimum atomic E-state index is -0.351. The quantitative estimate of drug-likeness (QED) is 0.759. The Balaban J connectivity index is 4.31. The third-order valence-electron chi connectivity index (χ3n) is 2.97. The Morgan fingerprint density at radius 1 is 1.20 bits per heavy atom. The number of nitrogens with two attached hydrogens (primary N) is 1. The fourth-order valence-electron chi connectivity index (χ4n) is 1.52. The lowest BCUT2D eigenvalue weighted by Crippen LogP contribution is -2.47. The van der Waals surface area contributed by atoms with E-state index in [1.54, 1.807) is 4.90 Å². The second-order valence-electron chi connectivity index (χ2n) is 5.17. The average Bonchev–Trinajstić information content (AvgIpc) is 2.13. The van der Waals surface area contributed by atoms with E-state index >= 15 is 0 Å². The Labute approximate surface area is 94.0 Å². The summed E-state index contributed by atoms with van der Waals surface area (Å²) in [7, 11) is 1.84. The van der Waals surface area contributed by atoms with Gasteiger partial charge in [-0.3, -0.25) is 4.79 Å². The van der Waals surface area contributed by atoms with Crippen LogP contribution in [0.5, 0.6) is 0 Å². The molecule has 0 rings (SSSR count). The molecule has 0 fully saturated rings. The zero-order valence-electron chi connectivity index (χ0n) is 10.9. The first kappa shape index (κ1) is 14.4. The van der Waals surface area contributed by atoms with Crippen molar-refractivity contribution in [3.8, 4) is 0 Å². The van der Waals surface area contributed by atoms with Gasteiger partial charge in [0.05, 0.1) is 6.04 Å². The molecule has 0 spiro atoms. The smallest absolute Gasteiger partial charge is 0.239 e. The van der Waals surface area contributed by atoms with Crippen LogP contribution in [0.15, 0.2) is 0 Å². The molecule has 2 N–H and O–H groups in total. The maximum absolute atomic E-state index is 11.9. The van der Waals surface area contributed by atoms with Gasteiger partial charge in [-0.1, -0.05) is 27.7 Å². The van der Waals surface area contributed by atoms with E-state index in [0.29, 0.717) is 11.8 Å². The number of nitrogens with zero attached hydrogens (tertiary/aromatic N) is 1. The fourth-order valence-corrected chi connectivity index (χ4v) is 1.52. The van der Waals surface area contributed by atoms with Crippen LogP contribution in [0, 0.1) is 11.8 Å². The summed E-state index contributed by atoms with van der Waals surface area (Å²) in [5, 5.41) is 0. The molecule has 0 heterocycles. The van der Waals surface area contributed by atoms with Gasteiger partial charge in [-0.05, 0) is 25.2 Å². The molecule has 0 bridgehead atoms. The predicted molar refractivity (Wildman–Crippen MR) is 64.5 cm³/mol. The number of hydrogen-bond donors (Lipinski definition) is 1. The van der Waals surface area contributed by atoms with Crippen molar-refractivity contribution in [2.75, 3.05) is 7.05 Å². The van der Waals surface area contributed by atoms with Crippen molar-refractivity contribution < 1.29 is 4.79 Å². The molecule has 3 heteroatoms. The van der Waals surface area contributed by atoms with E-state index in [1.807, 2.05) is 7.05 Å². The van der Waals surface area contributed by atoms with Crippen LogP contribution in [-0.2, 0) is 4.79 Å². The van der Waals surface area contributed by atoms with E-state index in [1.165, 1.54) is 0 Å². The molecular weight excluding hydrogens is 188 g/mol. The topological polar surface area (TPSA) is 46.3 Å². The van der Waals surface area contributed by atoms with Gasteiger partial charge in [-0.25, -0.2) is 0 Å². The summed E-state index contributed by atoms with van der Waals surface area (Å²) in [6.45, 7) is 10.5. The number of amides is 1. The van der Waals surface area contributed by atoms with E-state index in [2.05, 4.69) is 34.6 Å². The molecule has 1 amide bonds. The predicted octanol–water partition coefficient (Wildman–Crippen LogP) is 1.86. The molecule has 0 radical (unpaired) electrons. The van der Waals surface area contributed by atoms with Crippen molar-refractivity contribution in [3.05, 3.63) is 0 Å². The molecule has 90 valence electrons. The summed E-state index contributed by atoms with van der Waals surface area (Å²) in [4.78, 5) is 13.7. The zero-order chi connectivity index (χ0) is 12.2. The molecule has 0 saturated heterocycles. The maximum atomic E-state index is 11.9. The van der Waals surface area contributed by atoms with E-state index in [9.17, 15) is 4.79 Å². The Bertz CT molecular complexity index is 202. The van der Waals surface area contributed by atoms with Gasteiger partial charge >= 0.3 is 0 Å². The average molecular weight is 214 g/mol. The standard InChI is InChI=1S/C12H26N2O/c1-8(2)7-11(13)12(15)14(6)10(5)9(3)4/h8-11H,7,13H2,1-6H3/t10?,11-/m0/s1. The van der Waals surface area contributed by atoms with E-state index in [-0.39, 0.29) is 18.0 Å². The lowest BCUT2D eigenvalue weighted by atomic mass is 10.0. The summed E-state index contributed by atoms with van der Waals surface area (Å²) >= 11 is 0. The van der Waals surface area contributed by atoms with E-state index < -0.39 is 0 Å². The minimum Gasteiger partial charge on any atom is -0.341 e. The van der Waals surface area contributed by atoms with Crippen LogP contribution in [0.4, 0.5) is 0 Å². The van der Waals surface area contributed by atoms with Crippen molar-refractivity contribution in [2.24, 2.45) is 17.6 Å². The molecule has 0 aliphatic rings. The number of carbonyl (C=O) groups excluding carboxylic acids is 1. The van der Waals surface area contributed by atoms with Crippen molar-refractivity contribution in [2.45, 2.75) is 53.1 Å². The second-order valence-corrected chi connectivity index (χ2v) is 5.17. The van der Waals surface area contributed by atoms with Gasteiger partial charge in [0, 0.05) is 13.1 Å². The van der Waals surface area contributed by atoms with Gasteiger partial charge in [0.25, 0.3) is 0 Å². The molecule has 0 aliphatic heterocycles. The highest BCUT2D eigenvalue weighted by molar-refractivity contribution is 5.81. The van der Waals surface area contributed by atoms with Crippen molar-refractivity contribution >= 4 is 5.91 Å². The number of carbonyl (C=O) groups is 1. The molecule has 0 saturated carbocycles. The van der Waals surface area contributed by atoms with Crippen molar-refractivity contribution in [1.82, 2.24) is 4.90 Å². The number of hydrogen-bond acceptors (Lipinski definition) is 2. The normalized spacial score (nSPS) is 15.5. The van der Waals surface area contributed by atoms with E-state index in [0.717, 1.165) is 6.42 Å². The van der Waals surface area contributed by atoms with Gasteiger partial charge in [-0.2, -0.15) is 0 Å². The molecule has 15 heavy (non-hydrogen) atoms. The number of likely N-dealkylation sites (N-methyl/N-ethyl adjacent to an activating group) is 1. The van der Waals surface area contributed by atoms with E-state index in [4.69, 9.17) is 5.73 Å². The Morgan fingerprint density at radius 2 is 1.67 bits per heavy atom. The highest BCUT2D eigenvalue weighted by atomic mass is 16.2. The van der Waals surface area contributed by atoms with Crippen LogP contribution in [0.2, 0.25) is 0 Å². The van der Waals surface area contributed by atoms with Gasteiger partial charge in [0.15, 0.2) is 0 Å². The summed E-state index contributed by atoms with van der Waals surface area (Å²) < 4.78 is 0. The highest BCUT2D eigenvalue weighted by Gasteiger charge is 2.23. The molecule has 3 nitrogen and oxygen atoms in total. The molecule has 0 aromatic carbocycles. The van der Waals surface area contributed by atoms with Crippen LogP contribution in [0.3, 0.4) is 0 Å². The second kappa shape index (κ2) is 6.11. The first-order valence-corrected chi connectivity index (χ1v) is 5.79. The minimum absolute atomic E-state index is 0.0601.